The molecule has 3 rings (SSSR count). The van der Waals surface area contributed by atoms with Gasteiger partial charge in [0.05, 0.1) is 5.69 Å². The van der Waals surface area contributed by atoms with E-state index in [0.717, 1.165) is 5.56 Å². The second-order valence-corrected chi connectivity index (χ2v) is 6.63. The molecular formula is C20H22N6O3. The van der Waals surface area contributed by atoms with E-state index in [0.29, 0.717) is 29.9 Å². The second kappa shape index (κ2) is 8.51. The fraction of sp³-hybridized carbons (Fsp3) is 0.250. The summed E-state index contributed by atoms with van der Waals surface area (Å²) in [6.45, 7) is 5.44. The topological polar surface area (TPSA) is 122 Å². The Hall–Kier alpha value is -3.75. The molecule has 2 heterocycles. The van der Waals surface area contributed by atoms with Crippen molar-refractivity contribution in [3.8, 4) is 5.95 Å². The summed E-state index contributed by atoms with van der Waals surface area (Å²) < 4.78 is 1.29. The lowest BCUT2D eigenvalue weighted by Gasteiger charge is -2.09. The molecule has 0 unspecified atom stereocenters. The summed E-state index contributed by atoms with van der Waals surface area (Å²) in [5.41, 5.74) is 2.41. The summed E-state index contributed by atoms with van der Waals surface area (Å²) in [6, 6.07) is 11.2. The average Bonchev–Trinajstić information content (AvgIpc) is 3.06. The van der Waals surface area contributed by atoms with Crippen molar-refractivity contribution in [3.05, 3.63) is 69.3 Å². The first kappa shape index (κ1) is 20.0. The van der Waals surface area contributed by atoms with E-state index in [1.54, 1.807) is 26.8 Å². The summed E-state index contributed by atoms with van der Waals surface area (Å²) in [6.07, 6.45) is 0.616. The molecule has 0 spiro atoms. The fourth-order valence-electron chi connectivity index (χ4n) is 2.70. The lowest BCUT2D eigenvalue weighted by atomic mass is 10.1. The van der Waals surface area contributed by atoms with Gasteiger partial charge in [-0.15, -0.1) is 0 Å². The Bertz CT molecular complexity index is 1100. The van der Waals surface area contributed by atoms with Gasteiger partial charge in [0.2, 0.25) is 5.95 Å². The quantitative estimate of drug-likeness (QED) is 0.561. The molecule has 0 saturated heterocycles. The van der Waals surface area contributed by atoms with E-state index in [9.17, 15) is 14.4 Å². The molecule has 3 N–H and O–H groups in total. The third-order valence-corrected chi connectivity index (χ3v) is 4.40. The molecule has 0 radical (unpaired) electrons. The van der Waals surface area contributed by atoms with Crippen LogP contribution in [-0.4, -0.2) is 38.1 Å². The van der Waals surface area contributed by atoms with E-state index >= 15 is 0 Å². The smallest absolute Gasteiger partial charge is 0.314 e. The molecule has 29 heavy (non-hydrogen) atoms. The molecule has 9 nitrogen and oxygen atoms in total. The molecule has 0 atom stereocenters. The van der Waals surface area contributed by atoms with Crippen LogP contribution in [0.15, 0.2) is 41.2 Å². The molecular weight excluding hydrogens is 372 g/mol. The molecule has 2 aromatic heterocycles. The number of H-pyrrole nitrogens is 1. The number of aryl methyl sites for hydroxylation is 2. The maximum atomic E-state index is 12.3. The van der Waals surface area contributed by atoms with Crippen LogP contribution < -0.4 is 16.2 Å². The normalized spacial score (nSPS) is 10.6. The van der Waals surface area contributed by atoms with Gasteiger partial charge in [-0.25, -0.2) is 4.98 Å². The van der Waals surface area contributed by atoms with Crippen LogP contribution in [-0.2, 0) is 16.0 Å². The lowest BCUT2D eigenvalue weighted by molar-refractivity contribution is -0.136. The molecule has 0 bridgehead atoms. The number of rotatable bonds is 5. The van der Waals surface area contributed by atoms with E-state index in [1.807, 2.05) is 30.3 Å². The Morgan fingerprint density at radius 2 is 1.83 bits per heavy atom. The molecule has 0 aliphatic heterocycles. The summed E-state index contributed by atoms with van der Waals surface area (Å²) in [7, 11) is 0. The number of aromatic amines is 1. The number of nitrogens with zero attached hydrogens (tertiary/aromatic N) is 3. The van der Waals surface area contributed by atoms with Crippen LogP contribution >= 0.6 is 0 Å². The first-order valence-corrected chi connectivity index (χ1v) is 9.13. The monoisotopic (exact) mass is 394 g/mol. The predicted molar refractivity (Wildman–Crippen MR) is 108 cm³/mol. The zero-order valence-electron chi connectivity index (χ0n) is 16.4. The number of hydrogen-bond acceptors (Lipinski definition) is 5. The van der Waals surface area contributed by atoms with Crippen molar-refractivity contribution in [1.82, 2.24) is 25.1 Å². The van der Waals surface area contributed by atoms with Crippen molar-refractivity contribution in [2.24, 2.45) is 0 Å². The van der Waals surface area contributed by atoms with Crippen LogP contribution in [0.1, 0.15) is 22.5 Å². The van der Waals surface area contributed by atoms with Crippen molar-refractivity contribution in [1.29, 1.82) is 0 Å². The van der Waals surface area contributed by atoms with Gasteiger partial charge in [0, 0.05) is 23.9 Å². The van der Waals surface area contributed by atoms with E-state index < -0.39 is 11.8 Å². The summed E-state index contributed by atoms with van der Waals surface area (Å²) >= 11 is 0. The van der Waals surface area contributed by atoms with Crippen molar-refractivity contribution in [2.45, 2.75) is 27.2 Å². The van der Waals surface area contributed by atoms with Gasteiger partial charge < -0.3 is 10.6 Å². The molecule has 2 amide bonds. The third-order valence-electron chi connectivity index (χ3n) is 4.40. The molecule has 1 aromatic carbocycles. The summed E-state index contributed by atoms with van der Waals surface area (Å²) in [5.74, 6) is -1.19. The Kier molecular flexibility index (Phi) is 5.87. The minimum absolute atomic E-state index is 0.158. The highest BCUT2D eigenvalue weighted by molar-refractivity contribution is 6.39. The number of carbonyl (C=O) groups excluding carboxylic acids is 2. The van der Waals surface area contributed by atoms with Crippen LogP contribution in [0.3, 0.4) is 0 Å². The number of hydrogen-bond donors (Lipinski definition) is 3. The number of carbonyl (C=O) groups is 2. The van der Waals surface area contributed by atoms with Gasteiger partial charge in [0.25, 0.3) is 5.56 Å². The highest BCUT2D eigenvalue weighted by Gasteiger charge is 2.18. The summed E-state index contributed by atoms with van der Waals surface area (Å²) in [5, 5.41) is 9.35. The van der Waals surface area contributed by atoms with Gasteiger partial charge in [-0.05, 0) is 32.8 Å². The van der Waals surface area contributed by atoms with Crippen LogP contribution in [0.25, 0.3) is 5.95 Å². The number of benzene rings is 1. The van der Waals surface area contributed by atoms with Crippen molar-refractivity contribution in [3.63, 3.8) is 0 Å². The Morgan fingerprint density at radius 1 is 1.10 bits per heavy atom. The molecule has 0 saturated carbocycles. The molecule has 9 heteroatoms. The zero-order valence-corrected chi connectivity index (χ0v) is 16.4. The largest absolute Gasteiger partial charge is 0.347 e. The maximum absolute atomic E-state index is 12.3. The van der Waals surface area contributed by atoms with Crippen molar-refractivity contribution >= 4 is 17.6 Å². The van der Waals surface area contributed by atoms with Gasteiger partial charge in [0.15, 0.2) is 0 Å². The standard InChI is InChI=1S/C20H22N6O3/c1-12-11-16(26(25-12)20-22-14(3)13(2)17(27)24-20)23-19(29)18(28)21-10-9-15-7-5-4-6-8-15/h4-8,11H,9-10H2,1-3H3,(H,21,28)(H,23,29)(H,22,24,27). The molecule has 150 valence electrons. The summed E-state index contributed by atoms with van der Waals surface area (Å²) in [4.78, 5) is 43.4. The van der Waals surface area contributed by atoms with Crippen LogP contribution in [0.2, 0.25) is 0 Å². The van der Waals surface area contributed by atoms with E-state index in [-0.39, 0.29) is 17.3 Å². The number of amides is 2. The van der Waals surface area contributed by atoms with Gasteiger partial charge in [-0.3, -0.25) is 19.4 Å². The molecule has 0 fully saturated rings. The Labute approximate surface area is 167 Å². The van der Waals surface area contributed by atoms with Crippen LogP contribution in [0.4, 0.5) is 5.82 Å². The van der Waals surface area contributed by atoms with Crippen molar-refractivity contribution < 1.29 is 9.59 Å². The van der Waals surface area contributed by atoms with Gasteiger partial charge in [0.1, 0.15) is 5.82 Å². The van der Waals surface area contributed by atoms with Gasteiger partial charge in [-0.1, -0.05) is 30.3 Å². The van der Waals surface area contributed by atoms with E-state index in [1.165, 1.54) is 4.68 Å². The highest BCUT2D eigenvalue weighted by atomic mass is 16.2. The molecule has 3 aromatic rings. The lowest BCUT2D eigenvalue weighted by Crippen LogP contribution is -2.37. The zero-order chi connectivity index (χ0) is 21.0. The van der Waals surface area contributed by atoms with Gasteiger partial charge >= 0.3 is 11.8 Å². The third kappa shape index (κ3) is 4.75. The number of aromatic nitrogens is 4. The maximum Gasteiger partial charge on any atom is 0.314 e. The highest BCUT2D eigenvalue weighted by Crippen LogP contribution is 2.14. The Morgan fingerprint density at radius 3 is 2.52 bits per heavy atom. The first-order chi connectivity index (χ1) is 13.8. The van der Waals surface area contributed by atoms with E-state index in [4.69, 9.17) is 0 Å². The minimum atomic E-state index is -0.828. The van der Waals surface area contributed by atoms with Crippen LogP contribution in [0, 0.1) is 20.8 Å². The molecule has 0 aliphatic rings. The first-order valence-electron chi connectivity index (χ1n) is 9.13. The second-order valence-electron chi connectivity index (χ2n) is 6.63. The van der Waals surface area contributed by atoms with E-state index in [2.05, 4.69) is 25.7 Å². The minimum Gasteiger partial charge on any atom is -0.347 e. The predicted octanol–water partition coefficient (Wildman–Crippen LogP) is 1.18. The fourth-order valence-corrected chi connectivity index (χ4v) is 2.70. The average molecular weight is 394 g/mol. The van der Waals surface area contributed by atoms with Crippen LogP contribution in [0.5, 0.6) is 0 Å². The Balaban J connectivity index is 1.69. The van der Waals surface area contributed by atoms with Crippen molar-refractivity contribution in [2.75, 3.05) is 11.9 Å². The van der Waals surface area contributed by atoms with Gasteiger partial charge in [-0.2, -0.15) is 9.78 Å². The molecule has 0 aliphatic carbocycles. The SMILES string of the molecule is Cc1cc(NC(=O)C(=O)NCCc2ccccc2)n(-c2nc(C)c(C)c(=O)[nH]2)n1. The number of anilines is 1. The number of nitrogens with one attached hydrogen (secondary N) is 3.